The quantitative estimate of drug-likeness (QED) is 0.581. The third-order valence-corrected chi connectivity index (χ3v) is 0.967. The molecule has 0 amide bonds. The van der Waals surface area contributed by atoms with E-state index in [0.29, 0.717) is 0 Å². The second-order valence-electron chi connectivity index (χ2n) is 1.68. The molecular weight excluding hydrogens is 153 g/mol. The number of rotatable bonds is 1. The Hall–Kier alpha value is -1.49. The van der Waals surface area contributed by atoms with Crippen LogP contribution in [-0.2, 0) is 0 Å². The molecule has 0 radical (unpaired) electrons. The van der Waals surface area contributed by atoms with Gasteiger partial charge < -0.3 is 10.6 Å². The molecule has 1 heterocycles. The number of halogens is 1. The molecule has 0 atom stereocenters. The van der Waals surface area contributed by atoms with E-state index in [4.69, 9.17) is 5.11 Å². The van der Waals surface area contributed by atoms with E-state index in [-0.39, 0.29) is 23.2 Å². The molecule has 0 aliphatic carbocycles. The SMILES string of the molecule is O.O=Cc1ncc(O)cc1F. The fraction of sp³-hybridized carbons (Fsp3) is 0. The molecule has 0 aliphatic rings. The molecule has 1 aromatic rings. The van der Waals surface area contributed by atoms with Crippen molar-refractivity contribution < 1.29 is 19.8 Å². The minimum atomic E-state index is -0.810. The van der Waals surface area contributed by atoms with Crippen LogP contribution in [0.2, 0.25) is 0 Å². The third kappa shape index (κ3) is 1.98. The van der Waals surface area contributed by atoms with Gasteiger partial charge in [0.05, 0.1) is 6.20 Å². The molecule has 4 nitrogen and oxygen atoms in total. The average Bonchev–Trinajstić information content (AvgIpc) is 1.88. The summed E-state index contributed by atoms with van der Waals surface area (Å²) in [6, 6.07) is 0.830. The lowest BCUT2D eigenvalue weighted by atomic mass is 10.3. The first kappa shape index (κ1) is 9.51. The Morgan fingerprint density at radius 3 is 2.73 bits per heavy atom. The second kappa shape index (κ2) is 3.62. The minimum Gasteiger partial charge on any atom is -0.506 e. The smallest absolute Gasteiger partial charge is 0.171 e. The van der Waals surface area contributed by atoms with E-state index >= 15 is 0 Å². The molecule has 0 aromatic carbocycles. The maximum absolute atomic E-state index is 12.4. The van der Waals surface area contributed by atoms with E-state index in [9.17, 15) is 9.18 Å². The number of aldehydes is 1. The van der Waals surface area contributed by atoms with Gasteiger partial charge in [0.25, 0.3) is 0 Å². The predicted molar refractivity (Wildman–Crippen MR) is 34.9 cm³/mol. The van der Waals surface area contributed by atoms with Crippen LogP contribution in [0.15, 0.2) is 12.3 Å². The topological polar surface area (TPSA) is 81.7 Å². The Morgan fingerprint density at radius 2 is 2.27 bits per heavy atom. The Bertz CT molecular complexity index is 264. The van der Waals surface area contributed by atoms with Crippen molar-refractivity contribution in [3.8, 4) is 5.75 Å². The first-order valence-electron chi connectivity index (χ1n) is 2.53. The van der Waals surface area contributed by atoms with Crippen LogP contribution < -0.4 is 0 Å². The summed E-state index contributed by atoms with van der Waals surface area (Å²) in [5.74, 6) is -1.10. The molecule has 5 heteroatoms. The summed E-state index contributed by atoms with van der Waals surface area (Å²) in [7, 11) is 0. The van der Waals surface area contributed by atoms with Crippen LogP contribution in [0.25, 0.3) is 0 Å². The van der Waals surface area contributed by atoms with Crippen molar-refractivity contribution in [2.45, 2.75) is 0 Å². The summed E-state index contributed by atoms with van der Waals surface area (Å²) in [5.41, 5.74) is -0.294. The van der Waals surface area contributed by atoms with Crippen molar-refractivity contribution in [3.63, 3.8) is 0 Å². The highest BCUT2D eigenvalue weighted by atomic mass is 19.1. The summed E-state index contributed by atoms with van der Waals surface area (Å²) in [6.45, 7) is 0. The number of aromatic hydroxyl groups is 1. The molecule has 0 saturated carbocycles. The molecular formula is C6H6FNO3. The Labute approximate surface area is 61.6 Å². The van der Waals surface area contributed by atoms with Gasteiger partial charge >= 0.3 is 0 Å². The van der Waals surface area contributed by atoms with Gasteiger partial charge in [-0.25, -0.2) is 9.37 Å². The lowest BCUT2D eigenvalue weighted by Crippen LogP contribution is -1.90. The zero-order valence-electron chi connectivity index (χ0n) is 5.41. The molecule has 3 N–H and O–H groups in total. The zero-order valence-corrected chi connectivity index (χ0v) is 5.41. The molecule has 1 aromatic heterocycles. The Kier molecular flexibility index (Phi) is 3.13. The van der Waals surface area contributed by atoms with Gasteiger partial charge in [0.1, 0.15) is 11.4 Å². The molecule has 60 valence electrons. The van der Waals surface area contributed by atoms with Crippen molar-refractivity contribution in [2.75, 3.05) is 0 Å². The van der Waals surface area contributed by atoms with Crippen LogP contribution in [0.3, 0.4) is 0 Å². The average molecular weight is 159 g/mol. The maximum atomic E-state index is 12.4. The minimum absolute atomic E-state index is 0. The zero-order chi connectivity index (χ0) is 7.56. The fourth-order valence-corrected chi connectivity index (χ4v) is 0.525. The fourth-order valence-electron chi connectivity index (χ4n) is 0.525. The number of hydrogen-bond acceptors (Lipinski definition) is 3. The number of nitrogens with zero attached hydrogens (tertiary/aromatic N) is 1. The highest BCUT2D eigenvalue weighted by Gasteiger charge is 2.01. The van der Waals surface area contributed by atoms with Crippen molar-refractivity contribution in [3.05, 3.63) is 23.8 Å². The van der Waals surface area contributed by atoms with E-state index in [1.165, 1.54) is 0 Å². The number of pyridine rings is 1. The Morgan fingerprint density at radius 1 is 1.64 bits per heavy atom. The standard InChI is InChI=1S/C6H4FNO2.H2O/c7-5-1-4(10)2-8-6(5)3-9;/h1-3,10H;1H2. The molecule has 11 heavy (non-hydrogen) atoms. The highest BCUT2D eigenvalue weighted by molar-refractivity contribution is 5.72. The summed E-state index contributed by atoms with van der Waals surface area (Å²) in [6.07, 6.45) is 1.29. The van der Waals surface area contributed by atoms with Gasteiger partial charge in [-0.05, 0) is 0 Å². The second-order valence-corrected chi connectivity index (χ2v) is 1.68. The maximum Gasteiger partial charge on any atom is 0.171 e. The first-order chi connectivity index (χ1) is 4.74. The van der Waals surface area contributed by atoms with Gasteiger partial charge in [-0.3, -0.25) is 4.79 Å². The van der Waals surface area contributed by atoms with Gasteiger partial charge in [0, 0.05) is 6.07 Å². The van der Waals surface area contributed by atoms with Crippen LogP contribution in [0, 0.1) is 5.82 Å². The Balaban J connectivity index is 0.000001000. The lowest BCUT2D eigenvalue weighted by Gasteiger charge is -1.92. The van der Waals surface area contributed by atoms with Crippen LogP contribution in [0.5, 0.6) is 5.75 Å². The number of aromatic nitrogens is 1. The van der Waals surface area contributed by atoms with Gasteiger partial charge in [-0.2, -0.15) is 0 Å². The van der Waals surface area contributed by atoms with Crippen molar-refractivity contribution >= 4 is 6.29 Å². The van der Waals surface area contributed by atoms with Crippen LogP contribution >= 0.6 is 0 Å². The van der Waals surface area contributed by atoms with Crippen molar-refractivity contribution in [1.29, 1.82) is 0 Å². The summed E-state index contributed by atoms with van der Waals surface area (Å²) >= 11 is 0. The van der Waals surface area contributed by atoms with Gasteiger partial charge in [-0.15, -0.1) is 0 Å². The highest BCUT2D eigenvalue weighted by Crippen LogP contribution is 2.09. The molecule has 1 rings (SSSR count). The van der Waals surface area contributed by atoms with Crippen LogP contribution in [-0.4, -0.2) is 21.9 Å². The van der Waals surface area contributed by atoms with Crippen molar-refractivity contribution in [1.82, 2.24) is 4.98 Å². The van der Waals surface area contributed by atoms with Crippen molar-refractivity contribution in [2.24, 2.45) is 0 Å². The lowest BCUT2D eigenvalue weighted by molar-refractivity contribution is 0.111. The van der Waals surface area contributed by atoms with E-state index in [0.717, 1.165) is 12.3 Å². The van der Waals surface area contributed by atoms with E-state index in [2.05, 4.69) is 4.98 Å². The van der Waals surface area contributed by atoms with Gasteiger partial charge in [0.15, 0.2) is 12.1 Å². The van der Waals surface area contributed by atoms with Gasteiger partial charge in [0.2, 0.25) is 0 Å². The molecule has 0 unspecified atom stereocenters. The largest absolute Gasteiger partial charge is 0.506 e. The molecule has 0 saturated heterocycles. The van der Waals surface area contributed by atoms with E-state index in [1.807, 2.05) is 0 Å². The van der Waals surface area contributed by atoms with E-state index in [1.54, 1.807) is 0 Å². The van der Waals surface area contributed by atoms with E-state index < -0.39 is 5.82 Å². The number of carbonyl (C=O) groups is 1. The molecule has 0 spiro atoms. The molecule has 0 bridgehead atoms. The number of carbonyl (C=O) groups excluding carboxylic acids is 1. The van der Waals surface area contributed by atoms with Crippen LogP contribution in [0.4, 0.5) is 4.39 Å². The third-order valence-electron chi connectivity index (χ3n) is 0.967. The first-order valence-corrected chi connectivity index (χ1v) is 2.53. The predicted octanol–water partition coefficient (Wildman–Crippen LogP) is -0.0859. The summed E-state index contributed by atoms with van der Waals surface area (Å²) < 4.78 is 12.4. The number of hydrogen-bond donors (Lipinski definition) is 1. The van der Waals surface area contributed by atoms with Gasteiger partial charge in [-0.1, -0.05) is 0 Å². The summed E-state index contributed by atoms with van der Waals surface area (Å²) in [5, 5.41) is 8.61. The monoisotopic (exact) mass is 159 g/mol. The molecule has 0 aliphatic heterocycles. The van der Waals surface area contributed by atoms with Crippen LogP contribution in [0.1, 0.15) is 10.5 Å². The normalized spacial score (nSPS) is 8.45. The molecule has 0 fully saturated rings. The summed E-state index contributed by atoms with van der Waals surface area (Å²) in [4.78, 5) is 13.3.